The summed E-state index contributed by atoms with van der Waals surface area (Å²) in [4.78, 5) is 92.4. The number of amides is 4. The van der Waals surface area contributed by atoms with Crippen LogP contribution in [0.3, 0.4) is 0 Å². The molecule has 18 heteroatoms. The average Bonchev–Trinajstić information content (AvgIpc) is 4.08. The number of rotatable bonds is 17. The van der Waals surface area contributed by atoms with Crippen molar-refractivity contribution in [2.75, 3.05) is 52.0 Å². The van der Waals surface area contributed by atoms with Gasteiger partial charge in [-0.25, -0.2) is 0 Å². The molecule has 4 amide bonds. The van der Waals surface area contributed by atoms with E-state index in [9.17, 15) is 24.0 Å². The van der Waals surface area contributed by atoms with Gasteiger partial charge < -0.3 is 49.4 Å². The zero-order valence-corrected chi connectivity index (χ0v) is 47.8. The van der Waals surface area contributed by atoms with E-state index in [4.69, 9.17) is 9.47 Å². The van der Waals surface area contributed by atoms with Gasteiger partial charge in [-0.2, -0.15) is 0 Å². The van der Waals surface area contributed by atoms with Crippen molar-refractivity contribution in [2.24, 2.45) is 23.2 Å². The third-order valence-electron chi connectivity index (χ3n) is 17.4. The Bertz CT molecular complexity index is 3410. The quantitative estimate of drug-likeness (QED) is 0.0552. The molecule has 3 aliphatic heterocycles. The summed E-state index contributed by atoms with van der Waals surface area (Å²) in [6.07, 6.45) is 9.31. The number of hydrogen-bond acceptors (Lipinski definition) is 10. The first-order chi connectivity index (χ1) is 37.5. The van der Waals surface area contributed by atoms with E-state index in [0.29, 0.717) is 68.2 Å². The minimum atomic E-state index is -0.476. The fourth-order valence-electron chi connectivity index (χ4n) is 12.8. The summed E-state index contributed by atoms with van der Waals surface area (Å²) in [6, 6.07) is 18.2. The molecule has 0 radical (unpaired) electrons. The molecular formula is C60H74N8O8S2. The highest BCUT2D eigenvalue weighted by molar-refractivity contribution is 7.98. The van der Waals surface area contributed by atoms with E-state index in [-0.39, 0.29) is 83.7 Å². The van der Waals surface area contributed by atoms with Crippen LogP contribution in [0.5, 0.6) is 0 Å². The lowest BCUT2D eigenvalue weighted by Gasteiger charge is -2.43. The van der Waals surface area contributed by atoms with Crippen LogP contribution in [0.4, 0.5) is 0 Å². The van der Waals surface area contributed by atoms with E-state index in [0.717, 1.165) is 98.5 Å². The second-order valence-corrected chi connectivity index (χ2v) is 24.3. The minimum Gasteiger partial charge on any atom is -0.380 e. The zero-order chi connectivity index (χ0) is 55.2. The van der Waals surface area contributed by atoms with E-state index in [2.05, 4.69) is 67.1 Å². The molecule has 414 valence electrons. The van der Waals surface area contributed by atoms with E-state index < -0.39 is 5.41 Å². The molecular weight excluding hydrogens is 1020 g/mol. The minimum absolute atomic E-state index is 0.0231. The Hall–Kier alpha value is -6.08. The normalized spacial score (nSPS) is 19.5. The van der Waals surface area contributed by atoms with Crippen LogP contribution in [0.15, 0.2) is 74.0 Å². The van der Waals surface area contributed by atoms with Gasteiger partial charge in [-0.15, -0.1) is 23.5 Å². The number of hydrogen-bond donors (Lipinski definition) is 5. The average molecular weight is 1100 g/mol. The van der Waals surface area contributed by atoms with Crippen LogP contribution in [0.1, 0.15) is 132 Å². The maximum atomic E-state index is 15.1. The molecule has 16 nitrogen and oxygen atoms in total. The SMILES string of the molecule is CSc1cc(C)[nH]c(=O)c1CNC(=O)c1c(C)n([C@H](C)C2CCC(NC(=O)C3COC3)CC2)c2cc(Cc3c(C(=O)NCc4c(SC)cc(C)[nH]c4=O)c4ccccc4n3[C@H](C)C3CCN(C(=O)C4(C)COC4)CC3)ccc12. The van der Waals surface area contributed by atoms with E-state index in [1.54, 1.807) is 0 Å². The standard InChI is InChI=1S/C60H74N8O8S2/c1-33-23-50(77-7)45(55(70)63-33)27-61-57(72)52-37(5)67(35(3)39-14-16-42(17-15-39)65-54(69)41-29-75-30-41)48-25-38(13-18-44(48)52)26-49-53(58(73)62-28-46-51(78-8)24-34(2)64-56(46)71)43-11-9-10-12-47(43)68(49)36(4)40-19-21-66(22-20-40)59(74)60(6)31-76-32-60/h9-13,18,23-25,35-36,39-42H,14-17,19-22,26-32H2,1-8H3,(H,61,72)(H,62,73)(H,63,70)(H,64,71)(H,65,69)/t35-,36-,39?,42?/m1/s1. The Labute approximate surface area is 463 Å². The van der Waals surface area contributed by atoms with Gasteiger partial charge in [-0.3, -0.25) is 28.8 Å². The molecule has 1 saturated carbocycles. The molecule has 0 spiro atoms. The lowest BCUT2D eigenvalue weighted by Crippen LogP contribution is -2.55. The number of pyridine rings is 2. The van der Waals surface area contributed by atoms with Crippen LogP contribution in [0.25, 0.3) is 21.8 Å². The van der Waals surface area contributed by atoms with Crippen LogP contribution >= 0.6 is 23.5 Å². The number of nitrogens with one attached hydrogen (secondary N) is 5. The van der Waals surface area contributed by atoms with Gasteiger partial charge in [-0.1, -0.05) is 30.3 Å². The third kappa shape index (κ3) is 10.7. The fraction of sp³-hybridized carbons (Fsp3) is 0.500. The molecule has 4 aliphatic rings. The molecule has 10 rings (SSSR count). The highest BCUT2D eigenvalue weighted by Crippen LogP contribution is 2.42. The lowest BCUT2D eigenvalue weighted by atomic mass is 9.81. The molecule has 3 saturated heterocycles. The van der Waals surface area contributed by atoms with Gasteiger partial charge in [0, 0.05) is 116 Å². The number of benzene rings is 2. The predicted octanol–water partition coefficient (Wildman–Crippen LogP) is 8.51. The highest BCUT2D eigenvalue weighted by atomic mass is 32.2. The fourth-order valence-corrected chi connectivity index (χ4v) is 14.2. The van der Waals surface area contributed by atoms with Gasteiger partial charge in [0.2, 0.25) is 11.8 Å². The van der Waals surface area contributed by atoms with Gasteiger partial charge in [0.1, 0.15) is 0 Å². The van der Waals surface area contributed by atoms with Gasteiger partial charge in [0.25, 0.3) is 22.9 Å². The molecule has 2 aromatic carbocycles. The molecule has 78 heavy (non-hydrogen) atoms. The molecule has 6 aromatic rings. The number of carbonyl (C=O) groups excluding carboxylic acids is 4. The third-order valence-corrected chi connectivity index (χ3v) is 19.0. The Kier molecular flexibility index (Phi) is 16.3. The van der Waals surface area contributed by atoms with Crippen molar-refractivity contribution in [3.8, 4) is 0 Å². The van der Waals surface area contributed by atoms with E-state index in [1.807, 2.05) is 81.5 Å². The number of fused-ring (bicyclic) bond motifs is 2. The summed E-state index contributed by atoms with van der Waals surface area (Å²) in [6.45, 7) is 15.4. The molecule has 1 aliphatic carbocycles. The second-order valence-electron chi connectivity index (χ2n) is 22.6. The van der Waals surface area contributed by atoms with Crippen molar-refractivity contribution in [3.05, 3.63) is 126 Å². The number of aryl methyl sites for hydroxylation is 2. The Morgan fingerprint density at radius 1 is 0.705 bits per heavy atom. The van der Waals surface area contributed by atoms with Crippen LogP contribution in [0.2, 0.25) is 0 Å². The van der Waals surface area contributed by atoms with E-state index >= 15 is 4.79 Å². The molecule has 7 heterocycles. The summed E-state index contributed by atoms with van der Waals surface area (Å²) in [7, 11) is 0. The monoisotopic (exact) mass is 1100 g/mol. The van der Waals surface area contributed by atoms with Crippen LogP contribution in [-0.2, 0) is 38.6 Å². The number of para-hydroxylation sites is 1. The number of thioether (sulfide) groups is 2. The molecule has 0 unspecified atom stereocenters. The van der Waals surface area contributed by atoms with Crippen molar-refractivity contribution in [2.45, 2.75) is 127 Å². The van der Waals surface area contributed by atoms with Crippen molar-refractivity contribution in [1.29, 1.82) is 0 Å². The smallest absolute Gasteiger partial charge is 0.254 e. The second kappa shape index (κ2) is 22.9. The Morgan fingerprint density at radius 2 is 1.27 bits per heavy atom. The topological polar surface area (TPSA) is 202 Å². The first-order valence-corrected chi connectivity index (χ1v) is 30.0. The van der Waals surface area contributed by atoms with Crippen molar-refractivity contribution in [1.82, 2.24) is 40.0 Å². The molecule has 4 aromatic heterocycles. The zero-order valence-electron chi connectivity index (χ0n) is 46.2. The van der Waals surface area contributed by atoms with Crippen LogP contribution in [0, 0.1) is 43.9 Å². The maximum absolute atomic E-state index is 15.1. The summed E-state index contributed by atoms with van der Waals surface area (Å²) in [5, 5.41) is 11.2. The van der Waals surface area contributed by atoms with Crippen molar-refractivity contribution in [3.63, 3.8) is 0 Å². The molecule has 2 atom stereocenters. The van der Waals surface area contributed by atoms with Crippen LogP contribution in [-0.4, -0.2) is 106 Å². The number of aromatic nitrogens is 4. The van der Waals surface area contributed by atoms with Crippen LogP contribution < -0.4 is 27.1 Å². The first-order valence-electron chi connectivity index (χ1n) is 27.6. The Balaban J connectivity index is 1.03. The maximum Gasteiger partial charge on any atom is 0.254 e. The molecule has 0 bridgehead atoms. The molecule has 4 fully saturated rings. The van der Waals surface area contributed by atoms with Gasteiger partial charge in [-0.05, 0) is 134 Å². The number of H-pyrrole nitrogens is 2. The number of likely N-dealkylation sites (tertiary alicyclic amines) is 1. The summed E-state index contributed by atoms with van der Waals surface area (Å²) < 4.78 is 15.4. The number of ether oxygens (including phenoxy) is 2. The van der Waals surface area contributed by atoms with E-state index in [1.165, 1.54) is 23.5 Å². The van der Waals surface area contributed by atoms with Gasteiger partial charge in [0.15, 0.2) is 0 Å². The summed E-state index contributed by atoms with van der Waals surface area (Å²) in [5.74, 6) is 0.0311. The van der Waals surface area contributed by atoms with Crippen molar-refractivity contribution >= 4 is 69.0 Å². The van der Waals surface area contributed by atoms with Gasteiger partial charge in [0.05, 0.1) is 48.9 Å². The Morgan fingerprint density at radius 3 is 1.83 bits per heavy atom. The molecule has 5 N–H and O–H groups in total. The first kappa shape index (κ1) is 55.2. The lowest BCUT2D eigenvalue weighted by molar-refractivity contribution is -0.170. The van der Waals surface area contributed by atoms with Crippen molar-refractivity contribution < 1.29 is 28.7 Å². The largest absolute Gasteiger partial charge is 0.380 e. The predicted molar refractivity (Wildman–Crippen MR) is 307 cm³/mol. The van der Waals surface area contributed by atoms with Gasteiger partial charge >= 0.3 is 0 Å². The highest BCUT2D eigenvalue weighted by Gasteiger charge is 2.45. The number of nitrogens with zero attached hydrogens (tertiary/aromatic N) is 3. The number of carbonyl (C=O) groups is 4. The number of piperidine rings is 1. The summed E-state index contributed by atoms with van der Waals surface area (Å²) >= 11 is 2.94. The summed E-state index contributed by atoms with van der Waals surface area (Å²) in [5.41, 5.74) is 7.08. The number of aromatic amines is 2.